The first-order chi connectivity index (χ1) is 13.6. The van der Waals surface area contributed by atoms with Gasteiger partial charge in [-0.15, -0.1) is 0 Å². The molecule has 0 spiro atoms. The van der Waals surface area contributed by atoms with Crippen molar-refractivity contribution >= 4 is 27.8 Å². The number of carbonyl (C=O) groups is 1. The Morgan fingerprint density at radius 2 is 1.71 bits per heavy atom. The van der Waals surface area contributed by atoms with E-state index < -0.39 is 0 Å². The molecule has 5 nitrogen and oxygen atoms in total. The second-order valence-electron chi connectivity index (χ2n) is 6.28. The van der Waals surface area contributed by atoms with Crippen LogP contribution in [0, 0.1) is 5.82 Å². The first kappa shape index (κ1) is 17.7. The van der Waals surface area contributed by atoms with Gasteiger partial charge in [0.05, 0.1) is 10.8 Å². The zero-order valence-corrected chi connectivity index (χ0v) is 14.8. The van der Waals surface area contributed by atoms with Crippen LogP contribution < -0.4 is 15.5 Å². The number of benzene rings is 3. The molecule has 0 fully saturated rings. The third-order valence-electron chi connectivity index (χ3n) is 4.32. The minimum Gasteiger partial charge on any atom is -0.484 e. The number of hydrogen-bond donors (Lipinski definition) is 1. The smallest absolute Gasteiger partial charge is 0.258 e. The van der Waals surface area contributed by atoms with E-state index in [-0.39, 0.29) is 30.3 Å². The fourth-order valence-corrected chi connectivity index (χ4v) is 2.87. The van der Waals surface area contributed by atoms with Gasteiger partial charge in [-0.05, 0) is 42.0 Å². The lowest BCUT2D eigenvalue weighted by molar-refractivity contribution is -0.123. The molecular weight excluding hydrogens is 361 g/mol. The predicted octanol–water partition coefficient (Wildman–Crippen LogP) is 3.78. The first-order valence-electron chi connectivity index (χ1n) is 8.70. The van der Waals surface area contributed by atoms with Gasteiger partial charge in [0.25, 0.3) is 5.91 Å². The lowest BCUT2D eigenvalue weighted by atomic mass is 10.1. The third kappa shape index (κ3) is 3.71. The minimum absolute atomic E-state index is 0.111. The number of rotatable bonds is 5. The Morgan fingerprint density at radius 3 is 2.54 bits per heavy atom. The molecule has 0 unspecified atom stereocenters. The van der Waals surface area contributed by atoms with Crippen molar-refractivity contribution in [2.24, 2.45) is 0 Å². The van der Waals surface area contributed by atoms with Crippen molar-refractivity contribution in [1.82, 2.24) is 5.32 Å². The molecular formula is C22H16FNO4. The van der Waals surface area contributed by atoms with Crippen LogP contribution in [0.15, 0.2) is 75.9 Å². The first-order valence-corrected chi connectivity index (χ1v) is 8.70. The summed E-state index contributed by atoms with van der Waals surface area (Å²) >= 11 is 0. The van der Waals surface area contributed by atoms with E-state index in [0.29, 0.717) is 27.7 Å². The molecule has 140 valence electrons. The van der Waals surface area contributed by atoms with E-state index in [2.05, 4.69) is 5.32 Å². The molecule has 0 aliphatic rings. The highest BCUT2D eigenvalue weighted by atomic mass is 19.1. The molecule has 28 heavy (non-hydrogen) atoms. The maximum atomic E-state index is 12.9. The number of para-hydroxylation sites is 1. The molecule has 0 atom stereocenters. The molecule has 3 aromatic carbocycles. The number of carbonyl (C=O) groups excluding carboxylic acids is 1. The minimum atomic E-state index is -0.325. The zero-order chi connectivity index (χ0) is 19.5. The molecule has 6 heteroatoms. The maximum Gasteiger partial charge on any atom is 0.258 e. The lowest BCUT2D eigenvalue weighted by Crippen LogP contribution is -2.28. The summed E-state index contributed by atoms with van der Waals surface area (Å²) in [5.41, 5.74) is 1.57. The van der Waals surface area contributed by atoms with Crippen molar-refractivity contribution in [3.8, 4) is 5.75 Å². The molecule has 1 heterocycles. The number of ether oxygens (including phenoxy) is 1. The van der Waals surface area contributed by atoms with Crippen molar-refractivity contribution in [2.45, 2.75) is 6.54 Å². The van der Waals surface area contributed by atoms with Gasteiger partial charge in [0.15, 0.2) is 6.61 Å². The predicted molar refractivity (Wildman–Crippen MR) is 104 cm³/mol. The molecule has 0 saturated heterocycles. The lowest BCUT2D eigenvalue weighted by Gasteiger charge is -2.08. The summed E-state index contributed by atoms with van der Waals surface area (Å²) in [5.74, 6) is -0.221. The number of amides is 1. The van der Waals surface area contributed by atoms with Gasteiger partial charge in [0, 0.05) is 12.6 Å². The van der Waals surface area contributed by atoms with Crippen LogP contribution in [0.5, 0.6) is 5.75 Å². The van der Waals surface area contributed by atoms with Crippen LogP contribution in [-0.2, 0) is 11.3 Å². The van der Waals surface area contributed by atoms with Gasteiger partial charge in [0.1, 0.15) is 22.7 Å². The molecule has 1 N–H and O–H groups in total. The summed E-state index contributed by atoms with van der Waals surface area (Å²) in [6, 6.07) is 17.8. The normalized spacial score (nSPS) is 10.9. The van der Waals surface area contributed by atoms with Gasteiger partial charge in [-0.3, -0.25) is 9.59 Å². The second kappa shape index (κ2) is 7.52. The van der Waals surface area contributed by atoms with Gasteiger partial charge in [-0.2, -0.15) is 0 Å². The van der Waals surface area contributed by atoms with Crippen LogP contribution in [0.1, 0.15) is 5.56 Å². The Morgan fingerprint density at radius 1 is 0.964 bits per heavy atom. The highest BCUT2D eigenvalue weighted by Crippen LogP contribution is 2.22. The largest absolute Gasteiger partial charge is 0.484 e. The van der Waals surface area contributed by atoms with Crippen LogP contribution in [-0.4, -0.2) is 12.5 Å². The maximum absolute atomic E-state index is 12.9. The SMILES string of the molecule is O=C(COc1ccc2c(=O)c3ccccc3oc2c1)NCc1ccc(F)cc1. The molecule has 0 aliphatic heterocycles. The Bertz CT molecular complexity index is 1210. The van der Waals surface area contributed by atoms with Crippen LogP contribution in [0.2, 0.25) is 0 Å². The van der Waals surface area contributed by atoms with Gasteiger partial charge in [0.2, 0.25) is 5.43 Å². The standard InChI is InChI=1S/C22H16FNO4/c23-15-7-5-14(6-8-15)12-24-21(25)13-27-16-9-10-18-20(11-16)28-19-4-2-1-3-17(19)22(18)26/h1-11H,12-13H2,(H,24,25). The monoisotopic (exact) mass is 377 g/mol. The van der Waals surface area contributed by atoms with Gasteiger partial charge in [-0.1, -0.05) is 24.3 Å². The zero-order valence-electron chi connectivity index (χ0n) is 14.8. The van der Waals surface area contributed by atoms with Crippen molar-refractivity contribution in [3.05, 3.63) is 88.3 Å². The average Bonchev–Trinajstić information content (AvgIpc) is 2.72. The summed E-state index contributed by atoms with van der Waals surface area (Å²) in [5, 5.41) is 3.67. The highest BCUT2D eigenvalue weighted by molar-refractivity contribution is 5.90. The summed E-state index contributed by atoms with van der Waals surface area (Å²) in [7, 11) is 0. The van der Waals surface area contributed by atoms with Crippen molar-refractivity contribution in [2.75, 3.05) is 6.61 Å². The fraction of sp³-hybridized carbons (Fsp3) is 0.0909. The van der Waals surface area contributed by atoms with E-state index in [1.807, 2.05) is 0 Å². The van der Waals surface area contributed by atoms with E-state index in [0.717, 1.165) is 5.56 Å². The number of nitrogens with one attached hydrogen (secondary N) is 1. The Hall–Kier alpha value is -3.67. The Kier molecular flexibility index (Phi) is 4.76. The van der Waals surface area contributed by atoms with Gasteiger partial charge < -0.3 is 14.5 Å². The molecule has 4 aromatic rings. The Labute approximate surface area is 159 Å². The Balaban J connectivity index is 1.44. The average molecular weight is 377 g/mol. The molecule has 4 rings (SSSR count). The van der Waals surface area contributed by atoms with Crippen LogP contribution in [0.4, 0.5) is 4.39 Å². The number of fused-ring (bicyclic) bond motifs is 2. The molecule has 1 aromatic heterocycles. The van der Waals surface area contributed by atoms with Crippen molar-refractivity contribution < 1.29 is 18.3 Å². The van der Waals surface area contributed by atoms with E-state index in [9.17, 15) is 14.0 Å². The summed E-state index contributed by atoms with van der Waals surface area (Å²) in [6.07, 6.45) is 0. The highest BCUT2D eigenvalue weighted by Gasteiger charge is 2.09. The summed E-state index contributed by atoms with van der Waals surface area (Å²) in [4.78, 5) is 24.5. The van der Waals surface area contributed by atoms with Crippen LogP contribution in [0.25, 0.3) is 21.9 Å². The summed E-state index contributed by atoms with van der Waals surface area (Å²) < 4.78 is 24.2. The van der Waals surface area contributed by atoms with Gasteiger partial charge in [-0.25, -0.2) is 4.39 Å². The second-order valence-corrected chi connectivity index (χ2v) is 6.28. The van der Waals surface area contributed by atoms with E-state index in [4.69, 9.17) is 9.15 Å². The van der Waals surface area contributed by atoms with E-state index in [1.54, 1.807) is 54.6 Å². The van der Waals surface area contributed by atoms with Crippen molar-refractivity contribution in [3.63, 3.8) is 0 Å². The number of halogens is 1. The molecule has 0 aliphatic carbocycles. The van der Waals surface area contributed by atoms with Crippen molar-refractivity contribution in [1.29, 1.82) is 0 Å². The molecule has 0 radical (unpaired) electrons. The van der Waals surface area contributed by atoms with Gasteiger partial charge >= 0.3 is 0 Å². The third-order valence-corrected chi connectivity index (χ3v) is 4.32. The quantitative estimate of drug-likeness (QED) is 0.538. The molecule has 1 amide bonds. The van der Waals surface area contributed by atoms with Crippen LogP contribution >= 0.6 is 0 Å². The van der Waals surface area contributed by atoms with Crippen LogP contribution in [0.3, 0.4) is 0 Å². The number of hydrogen-bond acceptors (Lipinski definition) is 4. The fourth-order valence-electron chi connectivity index (χ4n) is 2.87. The molecule has 0 saturated carbocycles. The van der Waals surface area contributed by atoms with E-state index in [1.165, 1.54) is 12.1 Å². The molecule has 0 bridgehead atoms. The van der Waals surface area contributed by atoms with E-state index >= 15 is 0 Å². The summed E-state index contributed by atoms with van der Waals surface area (Å²) in [6.45, 7) is 0.0889. The topological polar surface area (TPSA) is 68.5 Å².